The molecular formula is C22H24ClFN6O2. The van der Waals surface area contributed by atoms with Gasteiger partial charge in [-0.2, -0.15) is 0 Å². The lowest BCUT2D eigenvalue weighted by Gasteiger charge is -2.15. The van der Waals surface area contributed by atoms with Crippen LogP contribution in [0.4, 0.5) is 15.9 Å². The van der Waals surface area contributed by atoms with Gasteiger partial charge in [-0.1, -0.05) is 6.07 Å². The first-order valence-corrected chi connectivity index (χ1v) is 10.9. The summed E-state index contributed by atoms with van der Waals surface area (Å²) in [5.41, 5.74) is 7.47. The van der Waals surface area contributed by atoms with Crippen LogP contribution < -0.4 is 26.2 Å². The molecule has 2 heterocycles. The van der Waals surface area contributed by atoms with Crippen molar-refractivity contribution in [3.8, 4) is 5.75 Å². The van der Waals surface area contributed by atoms with Crippen molar-refractivity contribution in [2.75, 3.05) is 23.1 Å². The Kier molecular flexibility index (Phi) is 7.31. The van der Waals surface area contributed by atoms with E-state index >= 15 is 0 Å². The molecule has 1 saturated heterocycles. The second-order valence-corrected chi connectivity index (χ2v) is 7.85. The Morgan fingerprint density at radius 1 is 1.22 bits per heavy atom. The molecule has 0 bridgehead atoms. The molecule has 0 aliphatic carbocycles. The van der Waals surface area contributed by atoms with Crippen molar-refractivity contribution >= 4 is 39.9 Å². The first kappa shape index (κ1) is 22.2. The smallest absolute Gasteiger partial charge is 0.225 e. The van der Waals surface area contributed by atoms with Crippen LogP contribution in [-0.4, -0.2) is 40.6 Å². The number of anilines is 2. The molecule has 8 nitrogen and oxygen atoms in total. The number of nitrogens with zero attached hydrogens (tertiary/aromatic N) is 2. The number of hydrogen-bond acceptors (Lipinski definition) is 7. The molecular weight excluding hydrogens is 435 g/mol. The third-order valence-corrected chi connectivity index (χ3v) is 5.25. The number of nitrogens with one attached hydrogen (secondary N) is 4. The van der Waals surface area contributed by atoms with Gasteiger partial charge in [0.05, 0.1) is 18.3 Å². The zero-order valence-corrected chi connectivity index (χ0v) is 18.0. The molecule has 1 amide bonds. The number of carbonyl (C=O) groups is 1. The van der Waals surface area contributed by atoms with Crippen LogP contribution >= 0.6 is 11.6 Å². The maximum absolute atomic E-state index is 13.3. The van der Waals surface area contributed by atoms with E-state index in [0.29, 0.717) is 30.4 Å². The van der Waals surface area contributed by atoms with Crippen LogP contribution in [0.25, 0.3) is 10.9 Å². The van der Waals surface area contributed by atoms with Crippen LogP contribution in [0.15, 0.2) is 48.8 Å². The second kappa shape index (κ2) is 10.5. The van der Waals surface area contributed by atoms with Gasteiger partial charge in [-0.15, -0.1) is 11.6 Å². The largest absolute Gasteiger partial charge is 0.493 e. The molecule has 168 valence electrons. The van der Waals surface area contributed by atoms with E-state index in [2.05, 4.69) is 31.5 Å². The van der Waals surface area contributed by atoms with Crippen molar-refractivity contribution in [2.24, 2.45) is 0 Å². The number of hydrogen-bond donors (Lipinski definition) is 4. The lowest BCUT2D eigenvalue weighted by Crippen LogP contribution is -2.38. The summed E-state index contributed by atoms with van der Waals surface area (Å²) in [4.78, 5) is 21.0. The van der Waals surface area contributed by atoms with Gasteiger partial charge < -0.3 is 15.4 Å². The first-order chi connectivity index (χ1) is 15.6. The fourth-order valence-electron chi connectivity index (χ4n) is 3.50. The summed E-state index contributed by atoms with van der Waals surface area (Å²) in [6.07, 6.45) is 3.05. The number of aromatic nitrogens is 2. The predicted molar refractivity (Wildman–Crippen MR) is 122 cm³/mol. The highest BCUT2D eigenvalue weighted by Gasteiger charge is 2.26. The monoisotopic (exact) mass is 458 g/mol. The maximum Gasteiger partial charge on any atom is 0.225 e. The Morgan fingerprint density at radius 3 is 2.97 bits per heavy atom. The number of fused-ring (bicyclic) bond motifs is 1. The van der Waals surface area contributed by atoms with E-state index in [4.69, 9.17) is 16.3 Å². The highest BCUT2D eigenvalue weighted by molar-refractivity contribution is 6.17. The number of benzene rings is 2. The first-order valence-electron chi connectivity index (χ1n) is 10.4. The third-order valence-electron chi connectivity index (χ3n) is 4.99. The van der Waals surface area contributed by atoms with E-state index in [9.17, 15) is 9.18 Å². The summed E-state index contributed by atoms with van der Waals surface area (Å²) in [6, 6.07) is 11.4. The number of halogens is 2. The molecule has 10 heteroatoms. The van der Waals surface area contributed by atoms with Gasteiger partial charge in [-0.05, 0) is 43.2 Å². The summed E-state index contributed by atoms with van der Waals surface area (Å²) < 4.78 is 19.0. The number of hydrazine groups is 1. The van der Waals surface area contributed by atoms with E-state index in [0.717, 1.165) is 23.1 Å². The van der Waals surface area contributed by atoms with Gasteiger partial charge in [0.15, 0.2) is 0 Å². The second-order valence-electron chi connectivity index (χ2n) is 7.47. The Bertz CT molecular complexity index is 1090. The quantitative estimate of drug-likeness (QED) is 0.288. The Hall–Kier alpha value is -3.01. The summed E-state index contributed by atoms with van der Waals surface area (Å²) in [5.74, 6) is 1.40. The number of amides is 1. The molecule has 1 aliphatic heterocycles. The van der Waals surface area contributed by atoms with Crippen LogP contribution in [0, 0.1) is 5.82 Å². The Morgan fingerprint density at radius 2 is 2.12 bits per heavy atom. The lowest BCUT2D eigenvalue weighted by atomic mass is 10.1. The van der Waals surface area contributed by atoms with Gasteiger partial charge in [0.2, 0.25) is 5.91 Å². The zero-order valence-electron chi connectivity index (χ0n) is 17.3. The van der Waals surface area contributed by atoms with Crippen LogP contribution in [-0.2, 0) is 4.79 Å². The highest BCUT2D eigenvalue weighted by atomic mass is 35.5. The zero-order chi connectivity index (χ0) is 22.3. The van der Waals surface area contributed by atoms with Gasteiger partial charge in [0.25, 0.3) is 0 Å². The van der Waals surface area contributed by atoms with Gasteiger partial charge in [0, 0.05) is 35.5 Å². The topological polar surface area (TPSA) is 100 Å². The average molecular weight is 459 g/mol. The third kappa shape index (κ3) is 5.82. The summed E-state index contributed by atoms with van der Waals surface area (Å²) in [6.45, 7) is 0.553. The molecule has 2 unspecified atom stereocenters. The van der Waals surface area contributed by atoms with Crippen molar-refractivity contribution in [3.05, 3.63) is 54.6 Å². The van der Waals surface area contributed by atoms with E-state index in [1.165, 1.54) is 18.5 Å². The van der Waals surface area contributed by atoms with Crippen LogP contribution in [0.3, 0.4) is 0 Å². The molecule has 2 aromatic carbocycles. The normalized spacial score (nSPS) is 17.9. The number of rotatable bonds is 9. The molecule has 3 aromatic rings. The van der Waals surface area contributed by atoms with Gasteiger partial charge in [-0.25, -0.2) is 19.8 Å². The van der Waals surface area contributed by atoms with Crippen molar-refractivity contribution in [3.63, 3.8) is 0 Å². The molecule has 0 saturated carbocycles. The molecule has 0 spiro atoms. The fourth-order valence-corrected chi connectivity index (χ4v) is 3.61. The minimum Gasteiger partial charge on any atom is -0.493 e. The molecule has 1 fully saturated rings. The van der Waals surface area contributed by atoms with Gasteiger partial charge >= 0.3 is 0 Å². The molecule has 1 aliphatic rings. The molecule has 4 rings (SSSR count). The lowest BCUT2D eigenvalue weighted by molar-refractivity contribution is -0.116. The minimum absolute atomic E-state index is 0.0869. The van der Waals surface area contributed by atoms with E-state index in [1.54, 1.807) is 12.1 Å². The van der Waals surface area contributed by atoms with Gasteiger partial charge in [-0.3, -0.25) is 10.2 Å². The van der Waals surface area contributed by atoms with E-state index in [1.807, 2.05) is 18.2 Å². The molecule has 32 heavy (non-hydrogen) atoms. The summed E-state index contributed by atoms with van der Waals surface area (Å²) in [7, 11) is 0. The SMILES string of the molecule is O=C(CC1CC(Nc2ncnc3cc(OCCCCl)ccc23)NN1)Nc1cccc(F)c1. The average Bonchev–Trinajstić information content (AvgIpc) is 3.20. The van der Waals surface area contributed by atoms with Crippen molar-refractivity contribution in [2.45, 2.75) is 31.5 Å². The Labute approximate surface area is 189 Å². The number of ether oxygens (including phenoxy) is 1. The maximum atomic E-state index is 13.3. The molecule has 0 radical (unpaired) electrons. The van der Waals surface area contributed by atoms with Crippen molar-refractivity contribution < 1.29 is 13.9 Å². The summed E-state index contributed by atoms with van der Waals surface area (Å²) in [5, 5.41) is 6.93. The highest BCUT2D eigenvalue weighted by Crippen LogP contribution is 2.25. The standard InChI is InChI=1S/C22H24ClFN6O2/c23-7-2-8-32-17-5-6-18-19(12-17)25-13-26-22(18)28-20-10-16(29-30-20)11-21(31)27-15-4-1-3-14(24)9-15/h1,3-6,9,12-13,16,20,29-30H,2,7-8,10-11H2,(H,27,31)(H,25,26,28). The molecule has 2 atom stereocenters. The number of carbonyl (C=O) groups excluding carboxylic acids is 1. The predicted octanol–water partition coefficient (Wildman–Crippen LogP) is 3.41. The van der Waals surface area contributed by atoms with Crippen molar-refractivity contribution in [1.82, 2.24) is 20.8 Å². The molecule has 1 aromatic heterocycles. The molecule has 4 N–H and O–H groups in total. The number of alkyl halides is 1. The van der Waals surface area contributed by atoms with Crippen LogP contribution in [0.1, 0.15) is 19.3 Å². The van der Waals surface area contributed by atoms with E-state index in [-0.39, 0.29) is 24.5 Å². The van der Waals surface area contributed by atoms with E-state index < -0.39 is 5.82 Å². The summed E-state index contributed by atoms with van der Waals surface area (Å²) >= 11 is 5.69. The Balaban J connectivity index is 1.33. The fraction of sp³-hybridized carbons (Fsp3) is 0.318. The van der Waals surface area contributed by atoms with Crippen LogP contribution in [0.5, 0.6) is 5.75 Å². The van der Waals surface area contributed by atoms with Crippen molar-refractivity contribution in [1.29, 1.82) is 0 Å². The van der Waals surface area contributed by atoms with Gasteiger partial charge in [0.1, 0.15) is 23.7 Å². The van der Waals surface area contributed by atoms with Crippen LogP contribution in [0.2, 0.25) is 0 Å². The minimum atomic E-state index is -0.390.